The summed E-state index contributed by atoms with van der Waals surface area (Å²) in [7, 11) is 1.54. The van der Waals surface area contributed by atoms with Crippen LogP contribution in [-0.4, -0.2) is 35.5 Å². The van der Waals surface area contributed by atoms with Gasteiger partial charge in [0.25, 0.3) is 5.56 Å². The molecule has 200 valence electrons. The zero-order valence-corrected chi connectivity index (χ0v) is 25.4. The zero-order chi connectivity index (χ0) is 27.7. The second-order valence-electron chi connectivity index (χ2n) is 8.70. The monoisotopic (exact) mass is 664 g/mol. The van der Waals surface area contributed by atoms with Crippen molar-refractivity contribution in [3.63, 3.8) is 0 Å². The summed E-state index contributed by atoms with van der Waals surface area (Å²) in [6.45, 7) is 7.45. The third-order valence-corrected chi connectivity index (χ3v) is 7.77. The molecule has 3 aromatic rings. The van der Waals surface area contributed by atoms with Crippen LogP contribution in [0.15, 0.2) is 60.3 Å². The van der Waals surface area contributed by atoms with E-state index in [1.165, 1.54) is 23.0 Å². The Balaban J connectivity index is 1.97. The molecule has 0 fully saturated rings. The summed E-state index contributed by atoms with van der Waals surface area (Å²) < 4.78 is 19.8. The van der Waals surface area contributed by atoms with Crippen LogP contribution in [0.2, 0.25) is 0 Å². The van der Waals surface area contributed by atoms with E-state index in [2.05, 4.69) is 36.9 Å². The van der Waals surface area contributed by atoms with Gasteiger partial charge in [0.2, 0.25) is 0 Å². The molecule has 4 rings (SSSR count). The molecule has 0 bridgehead atoms. The van der Waals surface area contributed by atoms with Gasteiger partial charge in [0.15, 0.2) is 16.3 Å². The van der Waals surface area contributed by atoms with Crippen molar-refractivity contribution in [2.24, 2.45) is 4.99 Å². The summed E-state index contributed by atoms with van der Waals surface area (Å²) in [6.07, 6.45) is 1.54. The van der Waals surface area contributed by atoms with E-state index in [4.69, 9.17) is 14.2 Å². The molecule has 2 aromatic carbocycles. The van der Waals surface area contributed by atoms with Gasteiger partial charge in [0.05, 0.1) is 46.1 Å². The highest BCUT2D eigenvalue weighted by Crippen LogP contribution is 2.37. The van der Waals surface area contributed by atoms with Gasteiger partial charge in [-0.1, -0.05) is 33.3 Å². The van der Waals surface area contributed by atoms with E-state index in [1.807, 2.05) is 13.8 Å². The smallest absolute Gasteiger partial charge is 0.338 e. The Morgan fingerprint density at radius 2 is 1.97 bits per heavy atom. The van der Waals surface area contributed by atoms with Crippen LogP contribution in [0.1, 0.15) is 44.9 Å². The summed E-state index contributed by atoms with van der Waals surface area (Å²) in [4.78, 5) is 32.0. The third kappa shape index (κ3) is 5.45. The minimum Gasteiger partial charge on any atom is -0.506 e. The molecule has 0 unspecified atom stereocenters. The molecule has 0 aliphatic carbocycles. The number of phenolic OH excluding ortho intramolecular Hbond substituents is 1. The number of aromatic nitrogens is 1. The number of ether oxygens (including phenoxy) is 3. The van der Waals surface area contributed by atoms with Crippen molar-refractivity contribution in [2.45, 2.75) is 39.8 Å². The van der Waals surface area contributed by atoms with Gasteiger partial charge in [-0.05, 0) is 79.5 Å². The number of thiazole rings is 1. The molecule has 8 nitrogen and oxygen atoms in total. The molecule has 0 saturated carbocycles. The van der Waals surface area contributed by atoms with Crippen molar-refractivity contribution in [3.05, 3.63) is 81.4 Å². The van der Waals surface area contributed by atoms with Crippen LogP contribution >= 0.6 is 43.2 Å². The number of hydrogen-bond donors (Lipinski definition) is 1. The molecule has 1 aromatic heterocycles. The lowest BCUT2D eigenvalue weighted by Gasteiger charge is -2.25. The van der Waals surface area contributed by atoms with E-state index in [0.29, 0.717) is 42.1 Å². The van der Waals surface area contributed by atoms with E-state index in [-0.39, 0.29) is 29.6 Å². The number of hydrogen-bond acceptors (Lipinski definition) is 8. The lowest BCUT2D eigenvalue weighted by Crippen LogP contribution is -2.40. The van der Waals surface area contributed by atoms with Crippen molar-refractivity contribution >= 4 is 55.2 Å². The number of methoxy groups -OCH3 is 1. The normalized spacial score (nSPS) is 15.4. The lowest BCUT2D eigenvalue weighted by molar-refractivity contribution is -0.139. The highest BCUT2D eigenvalue weighted by atomic mass is 79.9. The predicted molar refractivity (Wildman–Crippen MR) is 153 cm³/mol. The number of aromatic hydroxyl groups is 1. The molecule has 1 aliphatic rings. The average molecular weight is 666 g/mol. The van der Waals surface area contributed by atoms with Crippen molar-refractivity contribution in [1.82, 2.24) is 4.57 Å². The number of halogens is 2. The Kier molecular flexibility index (Phi) is 8.49. The number of phenols is 1. The Hall–Kier alpha value is -2.89. The second-order valence-corrected chi connectivity index (χ2v) is 11.5. The molecule has 2 heterocycles. The van der Waals surface area contributed by atoms with E-state index >= 15 is 0 Å². The lowest BCUT2D eigenvalue weighted by atomic mass is 9.95. The zero-order valence-electron chi connectivity index (χ0n) is 21.4. The summed E-state index contributed by atoms with van der Waals surface area (Å²) in [6, 6.07) is 7.94. The van der Waals surface area contributed by atoms with Gasteiger partial charge < -0.3 is 19.3 Å². The number of rotatable bonds is 7. The van der Waals surface area contributed by atoms with Gasteiger partial charge in [-0.3, -0.25) is 9.36 Å². The summed E-state index contributed by atoms with van der Waals surface area (Å²) in [5, 5.41) is 10.5. The van der Waals surface area contributed by atoms with Gasteiger partial charge in [0.1, 0.15) is 5.75 Å². The average Bonchev–Trinajstić information content (AvgIpc) is 3.15. The van der Waals surface area contributed by atoms with Crippen LogP contribution < -0.4 is 24.4 Å². The van der Waals surface area contributed by atoms with Crippen LogP contribution in [0.25, 0.3) is 6.08 Å². The van der Waals surface area contributed by atoms with Crippen LogP contribution in [0.4, 0.5) is 0 Å². The van der Waals surface area contributed by atoms with Gasteiger partial charge in [-0.2, -0.15) is 0 Å². The topological polar surface area (TPSA) is 99.4 Å². The molecule has 1 atom stereocenters. The molecule has 1 aliphatic heterocycles. The standard InChI is InChI=1S/C27H26Br2N2O6S/c1-6-36-26(34)22-14(4)30-27-31(23(22)15-7-8-19(37-13(2)3)20(10-15)35-5)25(33)21(38-27)11-16-9-17(28)12-18(29)24(16)32/h7-13,23,32H,6H2,1-5H3/b21-11-/t23-/m1/s1. The first kappa shape index (κ1) is 28.1. The number of esters is 1. The molecule has 1 N–H and O–H groups in total. The fourth-order valence-electron chi connectivity index (χ4n) is 4.15. The Morgan fingerprint density at radius 3 is 2.63 bits per heavy atom. The Labute approximate surface area is 240 Å². The van der Waals surface area contributed by atoms with Crippen LogP contribution in [0, 0.1) is 0 Å². The van der Waals surface area contributed by atoms with E-state index in [0.717, 1.165) is 4.47 Å². The van der Waals surface area contributed by atoms with Crippen LogP contribution in [0.5, 0.6) is 17.2 Å². The molecular formula is C27H26Br2N2O6S. The Bertz CT molecular complexity index is 1620. The Morgan fingerprint density at radius 1 is 1.24 bits per heavy atom. The van der Waals surface area contributed by atoms with Crippen LogP contribution in [-0.2, 0) is 9.53 Å². The molecule has 0 radical (unpaired) electrons. The first-order chi connectivity index (χ1) is 18.0. The fraction of sp³-hybridized carbons (Fsp3) is 0.296. The molecular weight excluding hydrogens is 640 g/mol. The largest absolute Gasteiger partial charge is 0.506 e. The highest BCUT2D eigenvalue weighted by molar-refractivity contribution is 9.11. The summed E-state index contributed by atoms with van der Waals surface area (Å²) >= 11 is 7.92. The minimum absolute atomic E-state index is 0.00413. The van der Waals surface area contributed by atoms with Crippen molar-refractivity contribution in [2.75, 3.05) is 13.7 Å². The second kappa shape index (κ2) is 11.5. The number of fused-ring (bicyclic) bond motifs is 1. The maximum atomic E-state index is 13.8. The predicted octanol–water partition coefficient (Wildman–Crippen LogP) is 4.82. The number of carbonyl (C=O) groups excluding carboxylic acids is 1. The van der Waals surface area contributed by atoms with E-state index in [1.54, 1.807) is 50.3 Å². The minimum atomic E-state index is -0.808. The van der Waals surface area contributed by atoms with Crippen molar-refractivity contribution in [1.29, 1.82) is 0 Å². The first-order valence-corrected chi connectivity index (χ1v) is 14.2. The molecule has 0 amide bonds. The van der Waals surface area contributed by atoms with Gasteiger partial charge in [-0.15, -0.1) is 0 Å². The van der Waals surface area contributed by atoms with Crippen LogP contribution in [0.3, 0.4) is 0 Å². The molecule has 38 heavy (non-hydrogen) atoms. The van der Waals surface area contributed by atoms with Gasteiger partial charge >= 0.3 is 5.97 Å². The third-order valence-electron chi connectivity index (χ3n) is 5.73. The molecule has 0 spiro atoms. The van der Waals surface area contributed by atoms with Crippen molar-refractivity contribution < 1.29 is 24.1 Å². The number of carbonyl (C=O) groups is 1. The quantitative estimate of drug-likeness (QED) is 0.363. The molecule has 0 saturated heterocycles. The first-order valence-electron chi connectivity index (χ1n) is 11.8. The van der Waals surface area contributed by atoms with E-state index in [9.17, 15) is 14.7 Å². The number of nitrogens with zero attached hydrogens (tertiary/aromatic N) is 2. The van der Waals surface area contributed by atoms with Gasteiger partial charge in [-0.25, -0.2) is 9.79 Å². The SMILES string of the molecule is CCOC(=O)C1=C(C)N=c2s/c(=C\c3cc(Br)cc(Br)c3O)c(=O)n2[C@@H]1c1ccc(OC(C)C)c(OC)c1. The molecule has 11 heteroatoms. The van der Waals surface area contributed by atoms with Crippen molar-refractivity contribution in [3.8, 4) is 17.2 Å². The number of benzene rings is 2. The van der Waals surface area contributed by atoms with E-state index < -0.39 is 12.0 Å². The fourth-order valence-corrected chi connectivity index (χ4v) is 6.45. The highest BCUT2D eigenvalue weighted by Gasteiger charge is 2.34. The summed E-state index contributed by atoms with van der Waals surface area (Å²) in [5.41, 5.74) is 1.45. The van der Waals surface area contributed by atoms with Gasteiger partial charge in [0, 0.05) is 10.0 Å². The summed E-state index contributed by atoms with van der Waals surface area (Å²) in [5.74, 6) is 0.473. The maximum absolute atomic E-state index is 13.8. The number of allylic oxidation sites excluding steroid dienone is 1. The maximum Gasteiger partial charge on any atom is 0.338 e.